The number of benzene rings is 2. The van der Waals surface area contributed by atoms with Gasteiger partial charge in [0.15, 0.2) is 11.5 Å². The lowest BCUT2D eigenvalue weighted by molar-refractivity contribution is -0.122. The molecule has 28 heavy (non-hydrogen) atoms. The zero-order valence-electron chi connectivity index (χ0n) is 15.8. The number of fused-ring (bicyclic) bond motifs is 1. The molecule has 1 heterocycles. The normalized spacial score (nSPS) is 19.5. The molecule has 2 aromatic carbocycles. The van der Waals surface area contributed by atoms with Crippen LogP contribution in [-0.2, 0) is 9.59 Å². The third kappa shape index (κ3) is 3.74. The average Bonchev–Trinajstić information content (AvgIpc) is 3.49. The fourth-order valence-corrected chi connectivity index (χ4v) is 3.28. The van der Waals surface area contributed by atoms with Crippen molar-refractivity contribution in [2.45, 2.75) is 13.3 Å². The summed E-state index contributed by atoms with van der Waals surface area (Å²) < 4.78 is 16.3. The molecule has 1 fully saturated rings. The van der Waals surface area contributed by atoms with Crippen LogP contribution in [0.15, 0.2) is 36.4 Å². The number of nitrogens with one attached hydrogen (secondary N) is 2. The van der Waals surface area contributed by atoms with Gasteiger partial charge in [0.05, 0.1) is 24.6 Å². The first-order valence-electron chi connectivity index (χ1n) is 9.21. The lowest BCUT2D eigenvalue weighted by atomic mass is 10.2. The van der Waals surface area contributed by atoms with Gasteiger partial charge < -0.3 is 24.8 Å². The molecule has 146 valence electrons. The number of anilines is 2. The molecule has 4 rings (SSSR count). The van der Waals surface area contributed by atoms with E-state index in [1.807, 2.05) is 25.1 Å². The van der Waals surface area contributed by atoms with Crippen molar-refractivity contribution < 1.29 is 23.8 Å². The monoisotopic (exact) mass is 382 g/mol. The van der Waals surface area contributed by atoms with E-state index in [4.69, 9.17) is 14.2 Å². The standard InChI is InChI=1S/C21H22N2O5/c1-12-3-5-17(26-2)16(9-12)23-21(25)15-11-14(15)20(24)22-13-4-6-18-19(10-13)28-8-7-27-18/h3-6,9-10,14-15H,7-8,11H2,1-2H3,(H,22,24)(H,23,25). The number of hydrogen-bond acceptors (Lipinski definition) is 5. The Kier molecular flexibility index (Phi) is 4.81. The Hall–Kier alpha value is -3.22. The molecule has 0 bridgehead atoms. The van der Waals surface area contributed by atoms with Gasteiger partial charge in [-0.05, 0) is 43.2 Å². The number of methoxy groups -OCH3 is 1. The number of rotatable bonds is 5. The molecule has 0 aromatic heterocycles. The van der Waals surface area contributed by atoms with Crippen molar-refractivity contribution in [3.8, 4) is 17.2 Å². The molecule has 2 atom stereocenters. The fraction of sp³-hybridized carbons (Fsp3) is 0.333. The summed E-state index contributed by atoms with van der Waals surface area (Å²) in [7, 11) is 1.56. The number of aryl methyl sites for hydroxylation is 1. The Morgan fingerprint density at radius 1 is 0.964 bits per heavy atom. The van der Waals surface area contributed by atoms with Gasteiger partial charge in [-0.15, -0.1) is 0 Å². The highest BCUT2D eigenvalue weighted by Gasteiger charge is 2.48. The highest BCUT2D eigenvalue weighted by Crippen LogP contribution is 2.41. The largest absolute Gasteiger partial charge is 0.495 e. The second-order valence-corrected chi connectivity index (χ2v) is 6.99. The van der Waals surface area contributed by atoms with Crippen LogP contribution in [0, 0.1) is 18.8 Å². The predicted molar refractivity (Wildman–Crippen MR) is 104 cm³/mol. The SMILES string of the molecule is COc1ccc(C)cc1NC(=O)C1CC1C(=O)Nc1ccc2c(c1)OCCO2. The molecule has 2 unspecified atom stereocenters. The molecule has 0 spiro atoms. The van der Waals surface area contributed by atoms with E-state index in [2.05, 4.69) is 10.6 Å². The third-order valence-electron chi connectivity index (χ3n) is 4.89. The molecular formula is C21H22N2O5. The second-order valence-electron chi connectivity index (χ2n) is 6.99. The lowest BCUT2D eigenvalue weighted by Crippen LogP contribution is -2.21. The average molecular weight is 382 g/mol. The molecule has 0 saturated heterocycles. The molecule has 2 aromatic rings. The van der Waals surface area contributed by atoms with Crippen molar-refractivity contribution >= 4 is 23.2 Å². The van der Waals surface area contributed by atoms with Crippen molar-refractivity contribution in [1.29, 1.82) is 0 Å². The van der Waals surface area contributed by atoms with Crippen molar-refractivity contribution in [3.63, 3.8) is 0 Å². The molecule has 2 aliphatic rings. The number of carbonyl (C=O) groups excluding carboxylic acids is 2. The minimum absolute atomic E-state index is 0.173. The Morgan fingerprint density at radius 3 is 2.43 bits per heavy atom. The van der Waals surface area contributed by atoms with Gasteiger partial charge in [-0.1, -0.05) is 6.07 Å². The molecule has 1 aliphatic carbocycles. The van der Waals surface area contributed by atoms with E-state index < -0.39 is 0 Å². The van der Waals surface area contributed by atoms with Gasteiger partial charge in [0.25, 0.3) is 0 Å². The summed E-state index contributed by atoms with van der Waals surface area (Å²) in [6, 6.07) is 10.8. The minimum atomic E-state index is -0.345. The number of ether oxygens (including phenoxy) is 3. The quantitative estimate of drug-likeness (QED) is 0.830. The maximum Gasteiger partial charge on any atom is 0.228 e. The lowest BCUT2D eigenvalue weighted by Gasteiger charge is -2.19. The molecule has 0 radical (unpaired) electrons. The number of carbonyl (C=O) groups is 2. The number of amides is 2. The van der Waals surface area contributed by atoms with E-state index in [1.54, 1.807) is 25.3 Å². The van der Waals surface area contributed by atoms with Crippen molar-refractivity contribution in [1.82, 2.24) is 0 Å². The summed E-state index contributed by atoms with van der Waals surface area (Å²) in [5, 5.41) is 5.73. The maximum atomic E-state index is 12.5. The molecule has 1 saturated carbocycles. The summed E-state index contributed by atoms with van der Waals surface area (Å²) >= 11 is 0. The molecule has 7 heteroatoms. The summed E-state index contributed by atoms with van der Waals surface area (Å²) in [5.41, 5.74) is 2.26. The highest BCUT2D eigenvalue weighted by atomic mass is 16.6. The van der Waals surface area contributed by atoms with Gasteiger partial charge in [0.1, 0.15) is 19.0 Å². The summed E-state index contributed by atoms with van der Waals surface area (Å²) in [6.45, 7) is 2.94. The van der Waals surface area contributed by atoms with Crippen LogP contribution in [-0.4, -0.2) is 32.1 Å². The van der Waals surface area contributed by atoms with Crippen molar-refractivity contribution in [2.75, 3.05) is 31.0 Å². The summed E-state index contributed by atoms with van der Waals surface area (Å²) in [5.74, 6) is 0.836. The zero-order valence-corrected chi connectivity index (χ0v) is 15.8. The minimum Gasteiger partial charge on any atom is -0.495 e. The van der Waals surface area contributed by atoms with Crippen LogP contribution in [0.1, 0.15) is 12.0 Å². The smallest absolute Gasteiger partial charge is 0.228 e. The van der Waals surface area contributed by atoms with E-state index in [0.717, 1.165) is 5.56 Å². The zero-order chi connectivity index (χ0) is 19.7. The van der Waals surface area contributed by atoms with Crippen LogP contribution in [0.4, 0.5) is 11.4 Å². The van der Waals surface area contributed by atoms with Crippen LogP contribution in [0.2, 0.25) is 0 Å². The van der Waals surface area contributed by atoms with Gasteiger partial charge in [0.2, 0.25) is 11.8 Å². The summed E-state index contributed by atoms with van der Waals surface area (Å²) in [6.07, 6.45) is 0.524. The predicted octanol–water partition coefficient (Wildman–Crippen LogP) is 2.99. The molecule has 1 aliphatic heterocycles. The first-order valence-corrected chi connectivity index (χ1v) is 9.21. The van der Waals surface area contributed by atoms with Crippen LogP contribution in [0.25, 0.3) is 0 Å². The van der Waals surface area contributed by atoms with Gasteiger partial charge in [-0.2, -0.15) is 0 Å². The first-order chi connectivity index (χ1) is 13.5. The van der Waals surface area contributed by atoms with Gasteiger partial charge >= 0.3 is 0 Å². The van der Waals surface area contributed by atoms with Crippen LogP contribution in [0.5, 0.6) is 17.2 Å². The molecule has 2 N–H and O–H groups in total. The van der Waals surface area contributed by atoms with Crippen LogP contribution in [0.3, 0.4) is 0 Å². The van der Waals surface area contributed by atoms with E-state index in [9.17, 15) is 9.59 Å². The Morgan fingerprint density at radius 2 is 1.68 bits per heavy atom. The number of hydrogen-bond donors (Lipinski definition) is 2. The van der Waals surface area contributed by atoms with E-state index in [-0.39, 0.29) is 23.7 Å². The topological polar surface area (TPSA) is 85.9 Å². The molecule has 2 amide bonds. The second kappa shape index (κ2) is 7.42. The summed E-state index contributed by atoms with van der Waals surface area (Å²) in [4.78, 5) is 25.0. The fourth-order valence-electron chi connectivity index (χ4n) is 3.28. The Balaban J connectivity index is 1.36. The first kappa shape index (κ1) is 18.2. The Labute approximate surface area is 163 Å². The molecular weight excluding hydrogens is 360 g/mol. The van der Waals surface area contributed by atoms with Gasteiger partial charge in [-0.25, -0.2) is 0 Å². The highest BCUT2D eigenvalue weighted by molar-refractivity contribution is 6.03. The van der Waals surface area contributed by atoms with Crippen LogP contribution >= 0.6 is 0 Å². The van der Waals surface area contributed by atoms with E-state index in [1.165, 1.54) is 0 Å². The Bertz CT molecular complexity index is 927. The van der Waals surface area contributed by atoms with E-state index >= 15 is 0 Å². The van der Waals surface area contributed by atoms with Gasteiger partial charge in [0, 0.05) is 11.8 Å². The van der Waals surface area contributed by atoms with Crippen molar-refractivity contribution in [2.24, 2.45) is 11.8 Å². The van der Waals surface area contributed by atoms with Crippen molar-refractivity contribution in [3.05, 3.63) is 42.0 Å². The third-order valence-corrected chi connectivity index (χ3v) is 4.89. The van der Waals surface area contributed by atoms with Crippen LogP contribution < -0.4 is 24.8 Å². The maximum absolute atomic E-state index is 12.5. The van der Waals surface area contributed by atoms with E-state index in [0.29, 0.717) is 48.3 Å². The molecule has 7 nitrogen and oxygen atoms in total. The van der Waals surface area contributed by atoms with Gasteiger partial charge in [-0.3, -0.25) is 9.59 Å².